The van der Waals surface area contributed by atoms with Crippen molar-refractivity contribution >= 4 is 23.5 Å². The molecule has 4 N–H and O–H groups in total. The van der Waals surface area contributed by atoms with Gasteiger partial charge < -0.3 is 20.9 Å². The van der Waals surface area contributed by atoms with Gasteiger partial charge in [-0.15, -0.1) is 0 Å². The van der Waals surface area contributed by atoms with E-state index >= 15 is 0 Å². The molecule has 0 spiro atoms. The summed E-state index contributed by atoms with van der Waals surface area (Å²) in [6.07, 6.45) is 0.360. The summed E-state index contributed by atoms with van der Waals surface area (Å²) in [6.45, 7) is -0.249. The number of nitrogens with one attached hydrogen (secondary N) is 1. The summed E-state index contributed by atoms with van der Waals surface area (Å²) >= 11 is 0. The number of primary amides is 1. The lowest BCUT2D eigenvalue weighted by Gasteiger charge is -2.07. The molecule has 0 bridgehead atoms. The summed E-state index contributed by atoms with van der Waals surface area (Å²) in [7, 11) is 0. The monoisotopic (exact) mass is 278 g/mol. The second kappa shape index (κ2) is 5.60. The Morgan fingerprint density at radius 1 is 1.35 bits per heavy atom. The number of ether oxygens (including phenoxy) is 1. The van der Waals surface area contributed by atoms with E-state index in [1.165, 1.54) is 0 Å². The van der Waals surface area contributed by atoms with Gasteiger partial charge in [-0.05, 0) is 18.6 Å². The van der Waals surface area contributed by atoms with Crippen molar-refractivity contribution < 1.29 is 24.2 Å². The van der Waals surface area contributed by atoms with E-state index in [-0.39, 0.29) is 12.5 Å². The average Bonchev–Trinajstić information content (AvgIpc) is 3.17. The molecule has 1 aliphatic carbocycles. The van der Waals surface area contributed by atoms with Crippen LogP contribution in [0.25, 0.3) is 0 Å². The smallest absolute Gasteiger partial charge is 0.307 e. The summed E-state index contributed by atoms with van der Waals surface area (Å²) in [5.74, 6) is -2.56. The molecule has 7 nitrogen and oxygen atoms in total. The highest BCUT2D eigenvalue weighted by Crippen LogP contribution is 2.39. The minimum Gasteiger partial charge on any atom is -0.484 e. The fraction of sp³-hybridized carbons (Fsp3) is 0.308. The maximum Gasteiger partial charge on any atom is 0.307 e. The first-order valence-electron chi connectivity index (χ1n) is 6.02. The normalized spacial score (nSPS) is 20.0. The molecule has 2 amide bonds. The van der Waals surface area contributed by atoms with Crippen LogP contribution in [-0.4, -0.2) is 29.5 Å². The lowest BCUT2D eigenvalue weighted by atomic mass is 10.2. The second-order valence-corrected chi connectivity index (χ2v) is 4.56. The molecule has 2 atom stereocenters. The molecule has 106 valence electrons. The number of amides is 2. The molecule has 1 saturated carbocycles. The fourth-order valence-corrected chi connectivity index (χ4v) is 1.81. The van der Waals surface area contributed by atoms with Crippen molar-refractivity contribution in [1.29, 1.82) is 0 Å². The molecule has 20 heavy (non-hydrogen) atoms. The molecule has 0 heterocycles. The van der Waals surface area contributed by atoms with E-state index in [0.717, 1.165) is 0 Å². The Kier molecular flexibility index (Phi) is 3.88. The van der Waals surface area contributed by atoms with Gasteiger partial charge >= 0.3 is 5.97 Å². The average molecular weight is 278 g/mol. The number of hydrogen-bond acceptors (Lipinski definition) is 4. The molecule has 2 rings (SSSR count). The quantitative estimate of drug-likeness (QED) is 0.687. The number of rotatable bonds is 6. The van der Waals surface area contributed by atoms with E-state index in [9.17, 15) is 14.4 Å². The molecule has 0 aromatic heterocycles. The third-order valence-electron chi connectivity index (χ3n) is 2.93. The van der Waals surface area contributed by atoms with E-state index in [1.807, 2.05) is 0 Å². The third-order valence-corrected chi connectivity index (χ3v) is 2.93. The zero-order chi connectivity index (χ0) is 14.7. The van der Waals surface area contributed by atoms with Crippen LogP contribution in [0.15, 0.2) is 24.3 Å². The van der Waals surface area contributed by atoms with Crippen molar-refractivity contribution in [3.05, 3.63) is 24.3 Å². The minimum atomic E-state index is -0.955. The lowest BCUT2D eigenvalue weighted by molar-refractivity contribution is -0.139. The standard InChI is InChI=1S/C13H14N2O5/c14-11(16)6-20-8-3-1-2-7(4-8)15-12(17)9-5-10(9)13(18)19/h1-4,9-10H,5-6H2,(H2,14,16)(H,15,17)(H,18,19)/t9-,10+/m1/s1. The Hall–Kier alpha value is -2.57. The van der Waals surface area contributed by atoms with Crippen molar-refractivity contribution in [3.63, 3.8) is 0 Å². The van der Waals surface area contributed by atoms with Crippen LogP contribution in [0.3, 0.4) is 0 Å². The Bertz CT molecular complexity index is 557. The number of nitrogens with two attached hydrogens (primary N) is 1. The summed E-state index contributed by atoms with van der Waals surface area (Å²) in [5.41, 5.74) is 5.44. The SMILES string of the molecule is NC(=O)COc1cccc(NC(=O)[C@@H]2C[C@@H]2C(=O)O)c1. The van der Waals surface area contributed by atoms with E-state index in [1.54, 1.807) is 24.3 Å². The third kappa shape index (κ3) is 3.47. The number of carbonyl (C=O) groups excluding carboxylic acids is 2. The van der Waals surface area contributed by atoms with Gasteiger partial charge in [-0.1, -0.05) is 6.07 Å². The van der Waals surface area contributed by atoms with Gasteiger partial charge in [0.15, 0.2) is 6.61 Å². The Balaban J connectivity index is 1.93. The summed E-state index contributed by atoms with van der Waals surface area (Å²) in [6, 6.07) is 6.45. The fourth-order valence-electron chi connectivity index (χ4n) is 1.81. The van der Waals surface area contributed by atoms with Gasteiger partial charge in [0.25, 0.3) is 5.91 Å². The molecule has 0 aliphatic heterocycles. The Morgan fingerprint density at radius 2 is 2.10 bits per heavy atom. The first-order chi connectivity index (χ1) is 9.47. The van der Waals surface area contributed by atoms with Crippen molar-refractivity contribution in [2.24, 2.45) is 17.6 Å². The van der Waals surface area contributed by atoms with Crippen LogP contribution in [0.2, 0.25) is 0 Å². The number of carboxylic acid groups (broad SMARTS) is 1. The largest absolute Gasteiger partial charge is 0.484 e. The van der Waals surface area contributed by atoms with E-state index in [2.05, 4.69) is 5.32 Å². The summed E-state index contributed by atoms with van der Waals surface area (Å²) in [4.78, 5) is 33.1. The van der Waals surface area contributed by atoms with Crippen LogP contribution >= 0.6 is 0 Å². The molecule has 0 radical (unpaired) electrons. The number of anilines is 1. The summed E-state index contributed by atoms with van der Waals surface area (Å²) < 4.78 is 5.11. The molecule has 1 aliphatic rings. The van der Waals surface area contributed by atoms with Crippen LogP contribution in [0, 0.1) is 11.8 Å². The Labute approximate surface area is 114 Å². The van der Waals surface area contributed by atoms with Gasteiger partial charge in [0.05, 0.1) is 11.8 Å². The number of hydrogen-bond donors (Lipinski definition) is 3. The van der Waals surface area contributed by atoms with E-state index < -0.39 is 23.7 Å². The molecular formula is C13H14N2O5. The summed E-state index contributed by atoms with van der Waals surface area (Å²) in [5, 5.41) is 11.4. The first-order valence-corrected chi connectivity index (χ1v) is 6.02. The highest BCUT2D eigenvalue weighted by molar-refractivity contribution is 5.98. The molecule has 0 saturated heterocycles. The Morgan fingerprint density at radius 3 is 2.70 bits per heavy atom. The topological polar surface area (TPSA) is 119 Å². The number of benzene rings is 1. The zero-order valence-electron chi connectivity index (χ0n) is 10.5. The van der Waals surface area contributed by atoms with Crippen molar-refractivity contribution in [3.8, 4) is 5.75 Å². The van der Waals surface area contributed by atoms with Crippen LogP contribution in [-0.2, 0) is 14.4 Å². The first kappa shape index (κ1) is 13.9. The molecule has 1 aromatic rings. The van der Waals surface area contributed by atoms with Gasteiger partial charge in [-0.2, -0.15) is 0 Å². The highest BCUT2D eigenvalue weighted by atomic mass is 16.5. The van der Waals surface area contributed by atoms with Crippen LogP contribution in [0.4, 0.5) is 5.69 Å². The number of aliphatic carboxylic acids is 1. The number of carbonyl (C=O) groups is 3. The maximum atomic E-state index is 11.8. The van der Waals surface area contributed by atoms with Gasteiger partial charge in [0.2, 0.25) is 5.91 Å². The molecule has 1 aromatic carbocycles. The van der Waals surface area contributed by atoms with Gasteiger partial charge in [-0.3, -0.25) is 14.4 Å². The van der Waals surface area contributed by atoms with Gasteiger partial charge in [0.1, 0.15) is 5.75 Å². The van der Waals surface area contributed by atoms with Gasteiger partial charge in [0, 0.05) is 11.8 Å². The predicted molar refractivity (Wildman–Crippen MR) is 69.0 cm³/mol. The minimum absolute atomic E-state index is 0.249. The molecule has 7 heteroatoms. The lowest BCUT2D eigenvalue weighted by Crippen LogP contribution is -2.20. The molecular weight excluding hydrogens is 264 g/mol. The maximum absolute atomic E-state index is 11.8. The van der Waals surface area contributed by atoms with Crippen LogP contribution in [0.5, 0.6) is 5.75 Å². The van der Waals surface area contributed by atoms with Crippen molar-refractivity contribution in [2.75, 3.05) is 11.9 Å². The highest BCUT2D eigenvalue weighted by Gasteiger charge is 2.48. The van der Waals surface area contributed by atoms with Crippen molar-refractivity contribution in [2.45, 2.75) is 6.42 Å². The van der Waals surface area contributed by atoms with E-state index in [4.69, 9.17) is 15.6 Å². The second-order valence-electron chi connectivity index (χ2n) is 4.56. The van der Waals surface area contributed by atoms with Gasteiger partial charge in [-0.25, -0.2) is 0 Å². The van der Waals surface area contributed by atoms with Crippen LogP contribution in [0.1, 0.15) is 6.42 Å². The zero-order valence-corrected chi connectivity index (χ0v) is 10.5. The van der Waals surface area contributed by atoms with Crippen LogP contribution < -0.4 is 15.8 Å². The molecule has 0 unspecified atom stereocenters. The predicted octanol–water partition coefficient (Wildman–Crippen LogP) is 0.210. The molecule has 1 fully saturated rings. The van der Waals surface area contributed by atoms with E-state index in [0.29, 0.717) is 17.9 Å². The van der Waals surface area contributed by atoms with Crippen molar-refractivity contribution in [1.82, 2.24) is 0 Å². The number of carboxylic acids is 1.